The van der Waals surface area contributed by atoms with E-state index in [1.807, 2.05) is 0 Å². The average Bonchev–Trinajstić information content (AvgIpc) is 3.45. The Bertz CT molecular complexity index is 2140. The summed E-state index contributed by atoms with van der Waals surface area (Å²) in [5, 5.41) is 5.04. The van der Waals surface area contributed by atoms with Crippen molar-refractivity contribution in [2.45, 2.75) is 49.5 Å². The van der Waals surface area contributed by atoms with Crippen LogP contribution in [0, 0.1) is 0 Å². The molecule has 6 aromatic carbocycles. The summed E-state index contributed by atoms with van der Waals surface area (Å²) in [7, 11) is -1.29. The van der Waals surface area contributed by atoms with E-state index in [9.17, 15) is 0 Å². The number of hydrogen-bond donors (Lipinski definition) is 0. The summed E-state index contributed by atoms with van der Waals surface area (Å²) < 4.78 is -1.21. The molecule has 0 radical (unpaired) electrons. The number of rotatable bonds is 6. The maximum Gasteiger partial charge on any atom is 0.0923 e. The van der Waals surface area contributed by atoms with Gasteiger partial charge in [0.05, 0.1) is 18.5 Å². The van der Waals surface area contributed by atoms with Gasteiger partial charge in [-0.1, -0.05) is 135 Å². The van der Waals surface area contributed by atoms with Gasteiger partial charge in [-0.3, -0.25) is 0 Å². The van der Waals surface area contributed by atoms with Gasteiger partial charge in [0.2, 0.25) is 0 Å². The van der Waals surface area contributed by atoms with E-state index >= 15 is 0 Å². The third-order valence-corrected chi connectivity index (χ3v) is 15.2. The summed E-state index contributed by atoms with van der Waals surface area (Å²) in [6.45, 7) is 9.10. The molecule has 2 atom stereocenters. The van der Waals surface area contributed by atoms with Crippen molar-refractivity contribution in [1.82, 2.24) is 0 Å². The molecule has 0 aliphatic heterocycles. The van der Waals surface area contributed by atoms with Crippen LogP contribution in [0.15, 0.2) is 132 Å². The van der Waals surface area contributed by atoms with Gasteiger partial charge in [-0.25, -0.2) is 0 Å². The number of fused-ring (bicyclic) bond motifs is 4. The van der Waals surface area contributed by atoms with Crippen LogP contribution in [-0.4, -0.2) is 9.52 Å². The molecular weight excluding hydrogens is 719 g/mol. The Hall–Kier alpha value is -3.00. The van der Waals surface area contributed by atoms with E-state index in [-0.39, 0.29) is 26.2 Å². The molecule has 0 nitrogen and oxygen atoms in total. The number of alkyl halides is 2. The predicted molar refractivity (Wildman–Crippen MR) is 208 cm³/mol. The fourth-order valence-corrected chi connectivity index (χ4v) is 14.4. The molecule has 0 bridgehead atoms. The molecule has 0 aromatic heterocycles. The first-order valence-corrected chi connectivity index (χ1v) is 19.0. The molecule has 0 saturated carbocycles. The Morgan fingerprint density at radius 2 is 0.833 bits per heavy atom. The van der Waals surface area contributed by atoms with Crippen LogP contribution in [-0.2, 0) is 35.2 Å². The van der Waals surface area contributed by atoms with Crippen molar-refractivity contribution in [3.05, 3.63) is 155 Å². The molecule has 2 unspecified atom stereocenters. The molecule has 2 aliphatic rings. The molecule has 0 amide bonds. The summed E-state index contributed by atoms with van der Waals surface area (Å²) in [5.74, 6) is 0. The zero-order chi connectivity index (χ0) is 32.5. The molecule has 8 rings (SSSR count). The molecule has 0 fully saturated rings. The van der Waals surface area contributed by atoms with Crippen LogP contribution < -0.4 is 0 Å². The molecule has 6 aromatic rings. The predicted octanol–water partition coefficient (Wildman–Crippen LogP) is 12.4. The third kappa shape index (κ3) is 4.85. The minimum absolute atomic E-state index is 0. The van der Waals surface area contributed by atoms with E-state index in [1.165, 1.54) is 88.3 Å². The van der Waals surface area contributed by atoms with Gasteiger partial charge in [0.25, 0.3) is 0 Å². The first-order valence-electron chi connectivity index (χ1n) is 16.8. The van der Waals surface area contributed by atoms with Gasteiger partial charge < -0.3 is 0 Å². The second-order valence-corrected chi connectivity index (χ2v) is 17.9. The van der Waals surface area contributed by atoms with Gasteiger partial charge in [0.15, 0.2) is 0 Å². The maximum atomic E-state index is 8.18. The fourth-order valence-electron chi connectivity index (χ4n) is 8.99. The number of hydrogen-bond acceptors (Lipinski definition) is 0. The number of halogens is 2. The summed E-state index contributed by atoms with van der Waals surface area (Å²) in [4.78, 5) is 0. The van der Waals surface area contributed by atoms with E-state index in [2.05, 4.69) is 149 Å². The van der Waals surface area contributed by atoms with E-state index in [0.29, 0.717) is 0 Å². The van der Waals surface area contributed by atoms with Crippen LogP contribution in [0.1, 0.15) is 62.8 Å². The fraction of sp³-hybridized carbons (Fsp3) is 0.182. The zero-order valence-electron chi connectivity index (χ0n) is 27.9. The molecular formula is C44H38Cl2SiZr. The van der Waals surface area contributed by atoms with Crippen LogP contribution in [0.4, 0.5) is 0 Å². The van der Waals surface area contributed by atoms with E-state index in [1.54, 1.807) is 0 Å². The second kappa shape index (κ2) is 12.7. The standard InChI is InChI=1S/C44H38Cl2Si.Zr/c1-5-37-27(3)41-35(33-21-11-17-29-15-7-9-19-31(29)33)23-13-25-39(41)43(37,45)47-44(46)38(6-2)28(4)42-36(24-14-26-40(42)44)34-22-12-18-30-16-8-10-20-32(30)34;/h7-26H,5-6,47H2,1-4H3;. The zero-order valence-corrected chi connectivity index (χ0v) is 33.3. The SMILES string of the molecule is CCC1=C(C)c2c(-c3cccc4ccccc34)cccc2C1(Cl)[SiH2]C1(Cl)C(CC)=C(C)c2c(-c3cccc4ccccc34)cccc21.[Zr]. The van der Waals surface area contributed by atoms with Crippen LogP contribution >= 0.6 is 23.2 Å². The number of allylic oxidation sites excluding steroid dienone is 4. The monoisotopic (exact) mass is 754 g/mol. The summed E-state index contributed by atoms with van der Waals surface area (Å²) in [5.41, 5.74) is 15.4. The Labute approximate surface area is 315 Å². The molecule has 0 spiro atoms. The molecule has 48 heavy (non-hydrogen) atoms. The van der Waals surface area contributed by atoms with Crippen molar-refractivity contribution in [3.63, 3.8) is 0 Å². The normalized spacial score (nSPS) is 20.2. The molecule has 0 N–H and O–H groups in total. The molecule has 236 valence electrons. The van der Waals surface area contributed by atoms with Gasteiger partial charge in [-0.05, 0) is 115 Å². The topological polar surface area (TPSA) is 0 Å². The molecule has 0 heterocycles. The summed E-state index contributed by atoms with van der Waals surface area (Å²) in [6.07, 6.45) is 1.79. The largest absolute Gasteiger partial charge is 0.114 e. The van der Waals surface area contributed by atoms with Crippen LogP contribution in [0.25, 0.3) is 54.9 Å². The van der Waals surface area contributed by atoms with Crippen molar-refractivity contribution in [2.24, 2.45) is 0 Å². The Morgan fingerprint density at radius 1 is 0.479 bits per heavy atom. The minimum Gasteiger partial charge on any atom is -0.114 e. The van der Waals surface area contributed by atoms with Crippen molar-refractivity contribution in [1.29, 1.82) is 0 Å². The van der Waals surface area contributed by atoms with Gasteiger partial charge in [-0.2, -0.15) is 0 Å². The minimum atomic E-state index is -1.29. The van der Waals surface area contributed by atoms with Gasteiger partial charge in [0, 0.05) is 26.2 Å². The Kier molecular flexibility index (Phi) is 8.87. The second-order valence-electron chi connectivity index (χ2n) is 13.2. The van der Waals surface area contributed by atoms with Crippen LogP contribution in [0.2, 0.25) is 0 Å². The quantitative estimate of drug-likeness (QED) is 0.117. The van der Waals surface area contributed by atoms with Gasteiger partial charge in [0.1, 0.15) is 0 Å². The van der Waals surface area contributed by atoms with Crippen molar-refractivity contribution < 1.29 is 26.2 Å². The number of benzene rings is 6. The van der Waals surface area contributed by atoms with Gasteiger partial charge >= 0.3 is 0 Å². The van der Waals surface area contributed by atoms with Crippen molar-refractivity contribution >= 4 is 65.4 Å². The molecule has 2 aliphatic carbocycles. The smallest absolute Gasteiger partial charge is 0.0923 e. The average molecular weight is 757 g/mol. The van der Waals surface area contributed by atoms with Crippen LogP contribution in [0.3, 0.4) is 0 Å². The van der Waals surface area contributed by atoms with Crippen molar-refractivity contribution in [3.8, 4) is 22.3 Å². The third-order valence-electron chi connectivity index (χ3n) is 10.9. The first kappa shape index (κ1) is 33.5. The van der Waals surface area contributed by atoms with Crippen LogP contribution in [0.5, 0.6) is 0 Å². The molecule has 0 saturated heterocycles. The van der Waals surface area contributed by atoms with E-state index < -0.39 is 18.5 Å². The first-order chi connectivity index (χ1) is 22.8. The van der Waals surface area contributed by atoms with Crippen molar-refractivity contribution in [2.75, 3.05) is 0 Å². The van der Waals surface area contributed by atoms with E-state index in [0.717, 1.165) is 12.8 Å². The molecule has 4 heteroatoms. The summed E-state index contributed by atoms with van der Waals surface area (Å²) >= 11 is 16.4. The van der Waals surface area contributed by atoms with E-state index in [4.69, 9.17) is 23.2 Å². The van der Waals surface area contributed by atoms with Gasteiger partial charge in [-0.15, -0.1) is 23.2 Å². The summed E-state index contributed by atoms with van der Waals surface area (Å²) in [6, 6.07) is 44.1. The Balaban J connectivity index is 0.00000364. The maximum absolute atomic E-state index is 8.18. The Morgan fingerprint density at radius 3 is 1.25 bits per heavy atom.